The van der Waals surface area contributed by atoms with Crippen LogP contribution < -0.4 is 5.11 Å². The molecule has 0 atom stereocenters. The molecule has 0 aliphatic rings. The minimum Gasteiger partial charge on any atom is -0.870 e. The van der Waals surface area contributed by atoms with Crippen molar-refractivity contribution >= 4 is 49.7 Å². The normalized spacial score (nSPS) is 8.00. The summed E-state index contributed by atoms with van der Waals surface area (Å²) in [6.07, 6.45) is 0. The first-order valence-corrected chi connectivity index (χ1v) is 3.16. The van der Waals surface area contributed by atoms with Crippen LogP contribution >= 0.6 is 0 Å². The number of carbonyl (C=O) groups excluding carboxylic acids is 1. The second-order valence-corrected chi connectivity index (χ2v) is 2.17. The van der Waals surface area contributed by atoms with Crippen LogP contribution in [-0.4, -0.2) is 60.3 Å². The van der Waals surface area contributed by atoms with E-state index in [2.05, 4.69) is 0 Å². The van der Waals surface area contributed by atoms with Gasteiger partial charge in [0.2, 0.25) is 0 Å². The molecule has 0 saturated heterocycles. The molecule has 0 aliphatic heterocycles. The fourth-order valence-corrected chi connectivity index (χ4v) is 0.779. The van der Waals surface area contributed by atoms with Gasteiger partial charge in [0.05, 0.1) is 11.5 Å². The van der Waals surface area contributed by atoms with Gasteiger partial charge < -0.3 is 20.5 Å². The van der Waals surface area contributed by atoms with Crippen molar-refractivity contribution in [2.75, 3.05) is 0 Å². The van der Waals surface area contributed by atoms with E-state index < -0.39 is 11.9 Å². The summed E-state index contributed by atoms with van der Waals surface area (Å²) in [6.45, 7) is 0. The summed E-state index contributed by atoms with van der Waals surface area (Å²) in [5, 5.41) is 18.7. The van der Waals surface area contributed by atoms with Crippen molar-refractivity contribution in [1.82, 2.24) is 0 Å². The molecule has 0 radical (unpaired) electrons. The Morgan fingerprint density at radius 1 is 1.21 bits per heavy atom. The third kappa shape index (κ3) is 4.06. The zero-order valence-electron chi connectivity index (χ0n) is 7.14. The molecule has 0 fully saturated rings. The number of hydrogen-bond acceptors (Lipinski definition) is 4. The molecular formula is C8H6CaO5. The monoisotopic (exact) mass is 222 g/mol. The van der Waals surface area contributed by atoms with Crippen LogP contribution in [0.3, 0.4) is 0 Å². The largest absolute Gasteiger partial charge is 2.00 e. The molecular weight excluding hydrogens is 216 g/mol. The maximum absolute atomic E-state index is 10.4. The van der Waals surface area contributed by atoms with E-state index in [1.807, 2.05) is 0 Å². The first-order valence-electron chi connectivity index (χ1n) is 3.16. The van der Waals surface area contributed by atoms with Gasteiger partial charge in [-0.25, -0.2) is 4.79 Å². The molecule has 0 unspecified atom stereocenters. The van der Waals surface area contributed by atoms with Crippen LogP contribution in [0.5, 0.6) is 0 Å². The Morgan fingerprint density at radius 2 is 1.71 bits per heavy atom. The van der Waals surface area contributed by atoms with Crippen molar-refractivity contribution < 1.29 is 25.3 Å². The number of aromatic carboxylic acids is 2. The number of carboxylic acid groups (broad SMARTS) is 2. The van der Waals surface area contributed by atoms with Gasteiger partial charge in [0, 0.05) is 0 Å². The molecule has 0 spiro atoms. The minimum absolute atomic E-state index is 0. The van der Waals surface area contributed by atoms with E-state index in [1.54, 1.807) is 0 Å². The van der Waals surface area contributed by atoms with E-state index in [-0.39, 0.29) is 54.3 Å². The Bertz CT molecular complexity index is 307. The average molecular weight is 222 g/mol. The van der Waals surface area contributed by atoms with Gasteiger partial charge in [-0.05, 0) is 17.7 Å². The van der Waals surface area contributed by atoms with Crippen molar-refractivity contribution in [3.63, 3.8) is 0 Å². The molecule has 1 rings (SSSR count). The molecule has 5 nitrogen and oxygen atoms in total. The Labute approximate surface area is 110 Å². The summed E-state index contributed by atoms with van der Waals surface area (Å²) in [6, 6.07) is 5.00. The van der Waals surface area contributed by atoms with Gasteiger partial charge in [0.15, 0.2) is 0 Å². The second-order valence-electron chi connectivity index (χ2n) is 2.17. The Balaban J connectivity index is 0. The number of rotatable bonds is 2. The van der Waals surface area contributed by atoms with Crippen molar-refractivity contribution in [3.05, 3.63) is 35.4 Å². The number of hydrogen-bond donors (Lipinski definition) is 1. The van der Waals surface area contributed by atoms with Crippen molar-refractivity contribution in [3.8, 4) is 0 Å². The molecule has 6 heteroatoms. The molecule has 0 amide bonds. The van der Waals surface area contributed by atoms with Gasteiger partial charge in [-0.15, -0.1) is 0 Å². The predicted molar refractivity (Wildman–Crippen MR) is 45.4 cm³/mol. The van der Waals surface area contributed by atoms with Gasteiger partial charge >= 0.3 is 43.7 Å². The first kappa shape index (κ1) is 15.8. The molecule has 14 heavy (non-hydrogen) atoms. The quantitative estimate of drug-likeness (QED) is 0.658. The SMILES string of the molecule is O=C([O-])c1cccc(C(=O)O)c1.[Ca+2].[OH-]. The van der Waals surface area contributed by atoms with Crippen LogP contribution in [0.2, 0.25) is 0 Å². The van der Waals surface area contributed by atoms with E-state index in [9.17, 15) is 14.7 Å². The van der Waals surface area contributed by atoms with Crippen LogP contribution in [0.25, 0.3) is 0 Å². The van der Waals surface area contributed by atoms with Crippen LogP contribution in [-0.2, 0) is 0 Å². The molecule has 70 valence electrons. The van der Waals surface area contributed by atoms with Gasteiger partial charge in [-0.1, -0.05) is 12.1 Å². The first-order chi connectivity index (χ1) is 5.61. The van der Waals surface area contributed by atoms with Gasteiger partial charge in [-0.2, -0.15) is 0 Å². The molecule has 0 bridgehead atoms. The summed E-state index contributed by atoms with van der Waals surface area (Å²) in [7, 11) is 0. The molecule has 0 aromatic heterocycles. The molecule has 0 heterocycles. The van der Waals surface area contributed by atoms with Gasteiger partial charge in [0.1, 0.15) is 0 Å². The van der Waals surface area contributed by atoms with Crippen molar-refractivity contribution in [2.45, 2.75) is 0 Å². The molecule has 0 saturated carbocycles. The fraction of sp³-hybridized carbons (Fsp3) is 0. The fourth-order valence-electron chi connectivity index (χ4n) is 0.779. The summed E-state index contributed by atoms with van der Waals surface area (Å²) in [4.78, 5) is 20.6. The summed E-state index contributed by atoms with van der Waals surface area (Å²) < 4.78 is 0. The molecule has 0 aliphatic carbocycles. The zero-order valence-corrected chi connectivity index (χ0v) is 9.34. The number of carboxylic acids is 2. The molecule has 1 aromatic carbocycles. The number of benzene rings is 1. The van der Waals surface area contributed by atoms with E-state index >= 15 is 0 Å². The van der Waals surface area contributed by atoms with E-state index in [1.165, 1.54) is 18.2 Å². The minimum atomic E-state index is -1.38. The smallest absolute Gasteiger partial charge is 0.870 e. The van der Waals surface area contributed by atoms with Crippen LogP contribution in [0.15, 0.2) is 24.3 Å². The predicted octanol–water partition coefficient (Wildman–Crippen LogP) is -0.809. The topological polar surface area (TPSA) is 107 Å². The average Bonchev–Trinajstić information content (AvgIpc) is 2.04. The Morgan fingerprint density at radius 3 is 2.14 bits per heavy atom. The number of carbonyl (C=O) groups is 2. The Kier molecular flexibility index (Phi) is 7.67. The van der Waals surface area contributed by atoms with Crippen molar-refractivity contribution in [2.24, 2.45) is 0 Å². The van der Waals surface area contributed by atoms with E-state index in [4.69, 9.17) is 5.11 Å². The maximum Gasteiger partial charge on any atom is 2.00 e. The van der Waals surface area contributed by atoms with Crippen molar-refractivity contribution in [1.29, 1.82) is 0 Å². The summed E-state index contributed by atoms with van der Waals surface area (Å²) >= 11 is 0. The molecule has 1 aromatic rings. The van der Waals surface area contributed by atoms with Crippen LogP contribution in [0, 0.1) is 0 Å². The van der Waals surface area contributed by atoms with Gasteiger partial charge in [-0.3, -0.25) is 0 Å². The van der Waals surface area contributed by atoms with Gasteiger partial charge in [0.25, 0.3) is 0 Å². The van der Waals surface area contributed by atoms with Crippen LogP contribution in [0.4, 0.5) is 0 Å². The zero-order chi connectivity index (χ0) is 9.14. The second kappa shape index (κ2) is 6.78. The van der Waals surface area contributed by atoms with E-state index in [0.29, 0.717) is 0 Å². The third-order valence-electron chi connectivity index (χ3n) is 1.35. The summed E-state index contributed by atoms with van der Waals surface area (Å²) in [5.74, 6) is -2.53. The van der Waals surface area contributed by atoms with Crippen LogP contribution in [0.1, 0.15) is 20.7 Å². The molecule has 2 N–H and O–H groups in total. The van der Waals surface area contributed by atoms with E-state index in [0.717, 1.165) is 6.07 Å². The third-order valence-corrected chi connectivity index (χ3v) is 1.35. The summed E-state index contributed by atoms with van der Waals surface area (Å²) in [5.41, 5.74) is -0.188. The Hall–Kier alpha value is -0.620. The standard InChI is InChI=1S/C8H6O4.Ca.H2O/c9-7(10)5-2-1-3-6(4-5)8(11)12;;/h1-4H,(H,9,10)(H,11,12);;1H2/q;+2;/p-2. The maximum atomic E-state index is 10.4.